The Balaban J connectivity index is -0.0000000200. The van der Waals surface area contributed by atoms with Gasteiger partial charge in [0.1, 0.15) is 0 Å². The van der Waals surface area contributed by atoms with Crippen LogP contribution in [0.5, 0.6) is 0 Å². The SMILES string of the molecule is ClCCl.F.F. The topological polar surface area (TPSA) is 0 Å². The molecule has 0 unspecified atom stereocenters. The molecule has 0 rings (SSSR count). The third kappa shape index (κ3) is 137. The first-order valence-electron chi connectivity index (χ1n) is 0.535. The van der Waals surface area contributed by atoms with Crippen LogP contribution >= 0.6 is 23.2 Å². The van der Waals surface area contributed by atoms with Crippen LogP contribution in [0.15, 0.2) is 0 Å². The van der Waals surface area contributed by atoms with Crippen molar-refractivity contribution in [3.63, 3.8) is 0 Å². The van der Waals surface area contributed by atoms with E-state index in [1.807, 2.05) is 0 Å². The summed E-state index contributed by atoms with van der Waals surface area (Å²) < 4.78 is 0. The third-order valence-corrected chi connectivity index (χ3v) is 0. The summed E-state index contributed by atoms with van der Waals surface area (Å²) in [6, 6.07) is 0. The van der Waals surface area contributed by atoms with E-state index in [-0.39, 0.29) is 14.7 Å². The standard InChI is InChI=1S/CH2Cl2.2FH/c2-1-3;;/h1H2;2*1H. The Morgan fingerprint density at radius 1 is 1.00 bits per heavy atom. The smallest absolute Gasteiger partial charge is 0.0967 e. The molecule has 36 valence electrons. The molecule has 0 aromatic carbocycles. The van der Waals surface area contributed by atoms with Gasteiger partial charge in [-0.2, -0.15) is 0 Å². The Morgan fingerprint density at radius 2 is 1.00 bits per heavy atom. The zero-order chi connectivity index (χ0) is 2.71. The fourth-order valence-electron chi connectivity index (χ4n) is 0. The van der Waals surface area contributed by atoms with Crippen LogP contribution in [0.2, 0.25) is 0 Å². The second kappa shape index (κ2) is 25.3. The van der Waals surface area contributed by atoms with Crippen LogP contribution in [-0.2, 0) is 0 Å². The van der Waals surface area contributed by atoms with E-state index in [9.17, 15) is 0 Å². The van der Waals surface area contributed by atoms with E-state index >= 15 is 0 Å². The van der Waals surface area contributed by atoms with Gasteiger partial charge in [0.15, 0.2) is 0 Å². The Labute approximate surface area is 38.8 Å². The minimum atomic E-state index is 0. The number of alkyl halides is 2. The second-order valence-corrected chi connectivity index (χ2v) is 0.909. The monoisotopic (exact) mass is 124 g/mol. The first-order chi connectivity index (χ1) is 1.41. The summed E-state index contributed by atoms with van der Waals surface area (Å²) in [6.45, 7) is 0. The van der Waals surface area contributed by atoms with Crippen LogP contribution in [0.3, 0.4) is 0 Å². The van der Waals surface area contributed by atoms with Crippen molar-refractivity contribution in [3.05, 3.63) is 0 Å². The Hall–Kier alpha value is 0.440. The summed E-state index contributed by atoms with van der Waals surface area (Å²) in [7, 11) is 0. The zero-order valence-electron chi connectivity index (χ0n) is 2.28. The molecule has 0 saturated heterocycles. The Kier molecular flexibility index (Phi) is 91.3. The third-order valence-electron chi connectivity index (χ3n) is 0. The van der Waals surface area contributed by atoms with Gasteiger partial charge < -0.3 is 0 Å². The van der Waals surface area contributed by atoms with E-state index in [4.69, 9.17) is 23.2 Å². The van der Waals surface area contributed by atoms with Crippen LogP contribution in [0.25, 0.3) is 0 Å². The fraction of sp³-hybridized carbons (Fsp3) is 1.00. The molecule has 0 heterocycles. The lowest BCUT2D eigenvalue weighted by atomic mass is 11.9. The summed E-state index contributed by atoms with van der Waals surface area (Å²) in [6.07, 6.45) is 0. The van der Waals surface area contributed by atoms with Gasteiger partial charge in [0, 0.05) is 0 Å². The first kappa shape index (κ1) is 18.0. The predicted molar refractivity (Wildman–Crippen MR) is 21.6 cm³/mol. The number of hydrogen-bond acceptors (Lipinski definition) is 0. The van der Waals surface area contributed by atoms with Gasteiger partial charge >= 0.3 is 0 Å². The maximum atomic E-state index is 4.76. The molecule has 0 aliphatic carbocycles. The Bertz CT molecular complexity index is 7.61. The number of hydrogen-bond donors (Lipinski definition) is 0. The average Bonchev–Trinajstić information content (AvgIpc) is 0.918. The van der Waals surface area contributed by atoms with Gasteiger partial charge in [-0.25, -0.2) is 0 Å². The molecule has 0 nitrogen and oxygen atoms in total. The summed E-state index contributed by atoms with van der Waals surface area (Å²) in [5.74, 6) is 0. The normalized spacial score (nSPS) is 3.60. The Morgan fingerprint density at radius 3 is 1.00 bits per heavy atom. The minimum absolute atomic E-state index is 0. The van der Waals surface area contributed by atoms with Crippen LogP contribution in [0.1, 0.15) is 0 Å². The van der Waals surface area contributed by atoms with Crippen LogP contribution in [0.4, 0.5) is 9.41 Å². The van der Waals surface area contributed by atoms with E-state index in [1.54, 1.807) is 0 Å². The molecule has 0 amide bonds. The molecule has 0 radical (unpaired) electrons. The maximum Gasteiger partial charge on any atom is 0.0967 e. The fourth-order valence-corrected chi connectivity index (χ4v) is 0. The highest BCUT2D eigenvalue weighted by Crippen LogP contribution is 1.73. The van der Waals surface area contributed by atoms with Crippen molar-refractivity contribution in [2.45, 2.75) is 0 Å². The van der Waals surface area contributed by atoms with Crippen LogP contribution in [-0.4, -0.2) is 5.34 Å². The summed E-state index contributed by atoms with van der Waals surface area (Å²) in [5.41, 5.74) is 0. The predicted octanol–water partition coefficient (Wildman–Crippen LogP) is 1.73. The van der Waals surface area contributed by atoms with Gasteiger partial charge in [-0.3, -0.25) is 9.41 Å². The summed E-state index contributed by atoms with van der Waals surface area (Å²) >= 11 is 9.53. The number of halogens is 4. The van der Waals surface area contributed by atoms with E-state index in [1.165, 1.54) is 0 Å². The van der Waals surface area contributed by atoms with Gasteiger partial charge in [-0.1, -0.05) is 0 Å². The van der Waals surface area contributed by atoms with Crippen molar-refractivity contribution in [1.82, 2.24) is 0 Å². The van der Waals surface area contributed by atoms with Crippen molar-refractivity contribution in [2.24, 2.45) is 0 Å². The van der Waals surface area contributed by atoms with E-state index in [2.05, 4.69) is 0 Å². The van der Waals surface area contributed by atoms with Crippen molar-refractivity contribution in [3.8, 4) is 0 Å². The van der Waals surface area contributed by atoms with Gasteiger partial charge in [0.2, 0.25) is 0 Å². The lowest BCUT2D eigenvalue weighted by molar-refractivity contribution is 1.11. The highest BCUT2D eigenvalue weighted by molar-refractivity contribution is 6.40. The highest BCUT2D eigenvalue weighted by atomic mass is 35.5. The lowest BCUT2D eigenvalue weighted by Gasteiger charge is -1.42. The molecule has 4 heteroatoms. The second-order valence-electron chi connectivity index (χ2n) is 0.101. The maximum absolute atomic E-state index is 4.76. The summed E-state index contributed by atoms with van der Waals surface area (Å²) in [4.78, 5) is 0. The molecule has 0 aromatic rings. The van der Waals surface area contributed by atoms with Crippen molar-refractivity contribution in [1.29, 1.82) is 0 Å². The molecular weight excluding hydrogens is 121 g/mol. The highest BCUT2D eigenvalue weighted by Gasteiger charge is 1.41. The molecule has 0 spiro atoms. The molecule has 0 aliphatic heterocycles. The molecule has 0 saturated carbocycles. The number of rotatable bonds is 0. The van der Waals surface area contributed by atoms with E-state index in [0.717, 1.165) is 0 Å². The minimum Gasteiger partial charge on any atom is -0.269 e. The molecular formula is CH4Cl2F2. The molecule has 0 aliphatic rings. The quantitative estimate of drug-likeness (QED) is 0.432. The van der Waals surface area contributed by atoms with Crippen molar-refractivity contribution in [2.75, 3.05) is 5.34 Å². The largest absolute Gasteiger partial charge is 0.269 e. The van der Waals surface area contributed by atoms with Gasteiger partial charge in [0.05, 0.1) is 5.34 Å². The van der Waals surface area contributed by atoms with Crippen molar-refractivity contribution < 1.29 is 9.41 Å². The molecule has 0 N–H and O–H groups in total. The summed E-state index contributed by atoms with van der Waals surface area (Å²) in [5, 5.41) is 0.194. The van der Waals surface area contributed by atoms with Crippen LogP contribution in [0, 0.1) is 0 Å². The molecule has 5 heavy (non-hydrogen) atoms. The first-order valence-corrected chi connectivity index (χ1v) is 1.60. The van der Waals surface area contributed by atoms with E-state index < -0.39 is 0 Å². The van der Waals surface area contributed by atoms with Gasteiger partial charge in [-0.15, -0.1) is 23.2 Å². The average molecular weight is 125 g/mol. The zero-order valence-corrected chi connectivity index (χ0v) is 3.79. The molecule has 0 aromatic heterocycles. The van der Waals surface area contributed by atoms with Crippen molar-refractivity contribution >= 4 is 23.2 Å². The van der Waals surface area contributed by atoms with E-state index in [0.29, 0.717) is 0 Å². The lowest BCUT2D eigenvalue weighted by Crippen LogP contribution is -1.24. The van der Waals surface area contributed by atoms with Gasteiger partial charge in [-0.05, 0) is 0 Å². The van der Waals surface area contributed by atoms with Crippen LogP contribution < -0.4 is 0 Å². The molecule has 0 atom stereocenters. The molecule has 0 bridgehead atoms. The molecule has 0 fully saturated rings. The van der Waals surface area contributed by atoms with Gasteiger partial charge in [0.25, 0.3) is 0 Å².